The second-order valence-corrected chi connectivity index (χ2v) is 5.23. The summed E-state index contributed by atoms with van der Waals surface area (Å²) >= 11 is 6.25. The molecule has 2 rings (SSSR count). The summed E-state index contributed by atoms with van der Waals surface area (Å²) in [4.78, 5) is 0. The number of aromatic nitrogens is 3. The number of rotatable bonds is 6. The normalized spacial score (nSPS) is 12.6. The van der Waals surface area contributed by atoms with Crippen molar-refractivity contribution in [1.82, 2.24) is 20.3 Å². The molecule has 5 heteroatoms. The Morgan fingerprint density at radius 2 is 2.15 bits per heavy atom. The van der Waals surface area contributed by atoms with Crippen molar-refractivity contribution >= 4 is 11.6 Å². The standard InChI is InChI=1S/C15H21ClN4/c1-4-9-20-14(10-18-19-20)15(17-5-2)12-7-6-8-13(16)11(12)3/h6-8,10,15,17H,4-5,9H2,1-3H3. The molecule has 1 N–H and O–H groups in total. The number of nitrogens with zero attached hydrogens (tertiary/aromatic N) is 3. The minimum Gasteiger partial charge on any atom is -0.305 e. The summed E-state index contributed by atoms with van der Waals surface area (Å²) in [6.07, 6.45) is 2.87. The Kier molecular flexibility index (Phi) is 5.15. The third kappa shape index (κ3) is 3.02. The van der Waals surface area contributed by atoms with Gasteiger partial charge >= 0.3 is 0 Å². The summed E-state index contributed by atoms with van der Waals surface area (Å²) in [6, 6.07) is 6.09. The van der Waals surface area contributed by atoms with Crippen LogP contribution in [0, 0.1) is 6.92 Å². The highest BCUT2D eigenvalue weighted by molar-refractivity contribution is 6.31. The Morgan fingerprint density at radius 1 is 1.35 bits per heavy atom. The molecule has 0 aliphatic carbocycles. The topological polar surface area (TPSA) is 42.7 Å². The molecule has 0 bridgehead atoms. The van der Waals surface area contributed by atoms with Crippen molar-refractivity contribution in [1.29, 1.82) is 0 Å². The van der Waals surface area contributed by atoms with E-state index in [1.54, 1.807) is 0 Å². The van der Waals surface area contributed by atoms with Crippen LogP contribution in [0.15, 0.2) is 24.4 Å². The molecule has 0 amide bonds. The van der Waals surface area contributed by atoms with E-state index < -0.39 is 0 Å². The number of benzene rings is 1. The Hall–Kier alpha value is -1.39. The first-order valence-corrected chi connectivity index (χ1v) is 7.43. The average molecular weight is 293 g/mol. The Morgan fingerprint density at radius 3 is 2.85 bits per heavy atom. The molecule has 4 nitrogen and oxygen atoms in total. The summed E-state index contributed by atoms with van der Waals surface area (Å²) in [5, 5.41) is 12.5. The van der Waals surface area contributed by atoms with E-state index >= 15 is 0 Å². The van der Waals surface area contributed by atoms with Crippen LogP contribution in [-0.4, -0.2) is 21.5 Å². The Labute approximate surface area is 125 Å². The van der Waals surface area contributed by atoms with Gasteiger partial charge in [0.15, 0.2) is 0 Å². The molecule has 0 aliphatic heterocycles. The van der Waals surface area contributed by atoms with Crippen LogP contribution in [-0.2, 0) is 6.54 Å². The lowest BCUT2D eigenvalue weighted by atomic mass is 9.98. The van der Waals surface area contributed by atoms with Crippen LogP contribution >= 0.6 is 11.6 Å². The summed E-state index contributed by atoms with van der Waals surface area (Å²) in [5.74, 6) is 0. The van der Waals surface area contributed by atoms with Gasteiger partial charge in [-0.05, 0) is 37.1 Å². The fourth-order valence-electron chi connectivity index (χ4n) is 2.39. The van der Waals surface area contributed by atoms with Crippen LogP contribution in [0.3, 0.4) is 0 Å². The summed E-state index contributed by atoms with van der Waals surface area (Å²) in [6.45, 7) is 8.03. The van der Waals surface area contributed by atoms with Crippen molar-refractivity contribution in [3.8, 4) is 0 Å². The number of aryl methyl sites for hydroxylation is 1. The molecule has 0 radical (unpaired) electrons. The van der Waals surface area contributed by atoms with Gasteiger partial charge in [0.05, 0.1) is 17.9 Å². The van der Waals surface area contributed by atoms with E-state index in [1.807, 2.05) is 23.0 Å². The monoisotopic (exact) mass is 292 g/mol. The molecule has 1 aromatic heterocycles. The minimum atomic E-state index is 0.0697. The second kappa shape index (κ2) is 6.86. The molecule has 0 fully saturated rings. The lowest BCUT2D eigenvalue weighted by Gasteiger charge is -2.21. The number of halogens is 1. The smallest absolute Gasteiger partial charge is 0.0802 e. The van der Waals surface area contributed by atoms with Crippen LogP contribution in [0.5, 0.6) is 0 Å². The summed E-state index contributed by atoms with van der Waals surface area (Å²) < 4.78 is 1.97. The second-order valence-electron chi connectivity index (χ2n) is 4.83. The van der Waals surface area contributed by atoms with Crippen LogP contribution in [0.25, 0.3) is 0 Å². The molecule has 0 spiro atoms. The van der Waals surface area contributed by atoms with Crippen LogP contribution in [0.1, 0.15) is 43.1 Å². The van der Waals surface area contributed by atoms with Crippen molar-refractivity contribution < 1.29 is 0 Å². The molecule has 1 heterocycles. The first kappa shape index (κ1) is 15.0. The van der Waals surface area contributed by atoms with E-state index in [0.29, 0.717) is 0 Å². The lowest BCUT2D eigenvalue weighted by molar-refractivity contribution is 0.511. The first-order chi connectivity index (χ1) is 9.69. The number of nitrogens with one attached hydrogen (secondary N) is 1. The Balaban J connectivity index is 2.45. The quantitative estimate of drug-likeness (QED) is 0.888. The maximum atomic E-state index is 6.25. The van der Waals surface area contributed by atoms with Crippen LogP contribution in [0.4, 0.5) is 0 Å². The largest absolute Gasteiger partial charge is 0.305 e. The van der Waals surface area contributed by atoms with Crippen molar-refractivity contribution in [3.05, 3.63) is 46.2 Å². The lowest BCUT2D eigenvalue weighted by Crippen LogP contribution is -2.25. The zero-order chi connectivity index (χ0) is 14.5. The van der Waals surface area contributed by atoms with Gasteiger partial charge in [0, 0.05) is 11.6 Å². The third-order valence-corrected chi connectivity index (χ3v) is 3.82. The molecule has 0 saturated carbocycles. The van der Waals surface area contributed by atoms with Crippen molar-refractivity contribution in [2.45, 2.75) is 39.8 Å². The van der Waals surface area contributed by atoms with E-state index in [0.717, 1.165) is 35.8 Å². The summed E-state index contributed by atoms with van der Waals surface area (Å²) in [7, 11) is 0. The van der Waals surface area contributed by atoms with Crippen molar-refractivity contribution in [2.75, 3.05) is 6.54 Å². The average Bonchev–Trinajstić information content (AvgIpc) is 2.88. The van der Waals surface area contributed by atoms with Gasteiger partial charge in [-0.15, -0.1) is 5.10 Å². The molecule has 1 aromatic carbocycles. The van der Waals surface area contributed by atoms with Gasteiger partial charge in [-0.1, -0.05) is 42.8 Å². The number of hydrogen-bond donors (Lipinski definition) is 1. The molecule has 1 atom stereocenters. The highest BCUT2D eigenvalue weighted by Gasteiger charge is 2.20. The zero-order valence-corrected chi connectivity index (χ0v) is 13.0. The molecular weight excluding hydrogens is 272 g/mol. The van der Waals surface area contributed by atoms with Gasteiger partial charge in [-0.25, -0.2) is 4.68 Å². The van der Waals surface area contributed by atoms with Crippen LogP contribution < -0.4 is 5.32 Å². The van der Waals surface area contributed by atoms with Crippen LogP contribution in [0.2, 0.25) is 5.02 Å². The van der Waals surface area contributed by atoms with Gasteiger partial charge in [0.2, 0.25) is 0 Å². The Bertz CT molecular complexity index is 565. The maximum Gasteiger partial charge on any atom is 0.0802 e. The van der Waals surface area contributed by atoms with Gasteiger partial charge in [-0.3, -0.25) is 0 Å². The summed E-state index contributed by atoms with van der Waals surface area (Å²) in [5.41, 5.74) is 3.36. The zero-order valence-electron chi connectivity index (χ0n) is 12.2. The molecule has 1 unspecified atom stereocenters. The highest BCUT2D eigenvalue weighted by atomic mass is 35.5. The van der Waals surface area contributed by atoms with E-state index in [9.17, 15) is 0 Å². The molecule has 0 aliphatic rings. The van der Waals surface area contributed by atoms with Crippen molar-refractivity contribution in [3.63, 3.8) is 0 Å². The molecular formula is C15H21ClN4. The van der Waals surface area contributed by atoms with Gasteiger partial charge in [-0.2, -0.15) is 0 Å². The predicted molar refractivity (Wildman–Crippen MR) is 82.0 cm³/mol. The van der Waals surface area contributed by atoms with E-state index in [-0.39, 0.29) is 6.04 Å². The fourth-order valence-corrected chi connectivity index (χ4v) is 2.57. The molecule has 0 saturated heterocycles. The SMILES string of the molecule is CCCn1nncc1C(NCC)c1cccc(Cl)c1C. The third-order valence-electron chi connectivity index (χ3n) is 3.41. The predicted octanol–water partition coefficient (Wildman–Crippen LogP) is 3.35. The highest BCUT2D eigenvalue weighted by Crippen LogP contribution is 2.28. The number of hydrogen-bond acceptors (Lipinski definition) is 3. The van der Waals surface area contributed by atoms with E-state index in [2.05, 4.69) is 42.5 Å². The van der Waals surface area contributed by atoms with E-state index in [4.69, 9.17) is 11.6 Å². The fraction of sp³-hybridized carbons (Fsp3) is 0.467. The van der Waals surface area contributed by atoms with E-state index in [1.165, 1.54) is 5.56 Å². The molecule has 2 aromatic rings. The first-order valence-electron chi connectivity index (χ1n) is 7.05. The molecule has 20 heavy (non-hydrogen) atoms. The van der Waals surface area contributed by atoms with Crippen molar-refractivity contribution in [2.24, 2.45) is 0 Å². The molecule has 108 valence electrons. The maximum absolute atomic E-state index is 6.25. The minimum absolute atomic E-state index is 0.0697. The van der Waals surface area contributed by atoms with Gasteiger partial charge < -0.3 is 5.32 Å². The van der Waals surface area contributed by atoms with Gasteiger partial charge in [0.1, 0.15) is 0 Å². The van der Waals surface area contributed by atoms with Gasteiger partial charge in [0.25, 0.3) is 0 Å².